The van der Waals surface area contributed by atoms with Gasteiger partial charge in [0.15, 0.2) is 5.96 Å². The second-order valence-corrected chi connectivity index (χ2v) is 8.02. The highest BCUT2D eigenvalue weighted by Crippen LogP contribution is 2.20. The van der Waals surface area contributed by atoms with E-state index in [0.29, 0.717) is 6.10 Å². The second-order valence-electron chi connectivity index (χ2n) is 8.02. The fourth-order valence-electron chi connectivity index (χ4n) is 3.91. The summed E-state index contributed by atoms with van der Waals surface area (Å²) in [5.41, 5.74) is 0. The number of likely N-dealkylation sites (N-methyl/N-ethyl adjacent to an activating group) is 1. The number of hydrogen-bond acceptors (Lipinski definition) is 4. The van der Waals surface area contributed by atoms with E-state index in [1.54, 1.807) is 0 Å². The number of hydrogen-bond donors (Lipinski definition) is 2. The Balaban J connectivity index is 1.54. The van der Waals surface area contributed by atoms with Crippen LogP contribution in [0.3, 0.4) is 0 Å². The third-order valence-corrected chi connectivity index (χ3v) is 5.58. The maximum Gasteiger partial charge on any atom is 0.191 e. The van der Waals surface area contributed by atoms with E-state index in [4.69, 9.17) is 9.73 Å². The molecule has 0 radical (unpaired) electrons. The number of aliphatic imine (C=N–C) groups is 1. The minimum Gasteiger partial charge on any atom is -0.378 e. The lowest BCUT2D eigenvalue weighted by Crippen LogP contribution is -2.39. The van der Waals surface area contributed by atoms with E-state index in [2.05, 4.69) is 34.4 Å². The normalized spacial score (nSPS) is 21.2. The molecule has 1 heterocycles. The summed E-state index contributed by atoms with van der Waals surface area (Å²) in [5, 5.41) is 6.84. The highest BCUT2D eigenvalue weighted by atomic mass is 16.5. The first-order chi connectivity index (χ1) is 13.3. The van der Waals surface area contributed by atoms with Crippen LogP contribution in [0.5, 0.6) is 0 Å². The highest BCUT2D eigenvalue weighted by Gasteiger charge is 2.13. The molecule has 1 saturated heterocycles. The molecule has 0 bridgehead atoms. The molecule has 0 atom stereocenters. The van der Waals surface area contributed by atoms with Crippen molar-refractivity contribution in [1.82, 2.24) is 20.4 Å². The van der Waals surface area contributed by atoms with Crippen molar-refractivity contribution in [2.24, 2.45) is 4.99 Å². The van der Waals surface area contributed by atoms with Crippen LogP contribution < -0.4 is 10.6 Å². The lowest BCUT2D eigenvalue weighted by molar-refractivity contribution is 0.0281. The van der Waals surface area contributed by atoms with E-state index in [1.807, 2.05) is 0 Å². The molecular formula is C21H43N5O. The van der Waals surface area contributed by atoms with Gasteiger partial charge in [0.2, 0.25) is 0 Å². The largest absolute Gasteiger partial charge is 0.378 e. The molecule has 0 aromatic heterocycles. The average molecular weight is 382 g/mol. The van der Waals surface area contributed by atoms with Crippen molar-refractivity contribution in [3.8, 4) is 0 Å². The Morgan fingerprint density at radius 1 is 1.00 bits per heavy atom. The summed E-state index contributed by atoms with van der Waals surface area (Å²) < 4.78 is 5.99. The van der Waals surface area contributed by atoms with Gasteiger partial charge in [-0.3, -0.25) is 4.99 Å². The molecular weight excluding hydrogens is 338 g/mol. The second kappa shape index (κ2) is 14.2. The molecule has 6 heteroatoms. The van der Waals surface area contributed by atoms with E-state index < -0.39 is 0 Å². The van der Waals surface area contributed by atoms with Crippen LogP contribution in [0, 0.1) is 0 Å². The van der Waals surface area contributed by atoms with Crippen LogP contribution in [0.4, 0.5) is 0 Å². The molecule has 2 N–H and O–H groups in total. The van der Waals surface area contributed by atoms with Gasteiger partial charge < -0.3 is 25.2 Å². The van der Waals surface area contributed by atoms with Crippen molar-refractivity contribution in [3.05, 3.63) is 0 Å². The molecule has 0 spiro atoms. The van der Waals surface area contributed by atoms with Crippen molar-refractivity contribution < 1.29 is 4.74 Å². The molecule has 158 valence electrons. The van der Waals surface area contributed by atoms with Gasteiger partial charge in [-0.1, -0.05) is 19.3 Å². The van der Waals surface area contributed by atoms with Crippen molar-refractivity contribution >= 4 is 5.96 Å². The molecule has 0 aromatic rings. The van der Waals surface area contributed by atoms with Crippen LogP contribution in [-0.4, -0.2) is 87.9 Å². The highest BCUT2D eigenvalue weighted by molar-refractivity contribution is 5.79. The Morgan fingerprint density at radius 2 is 1.85 bits per heavy atom. The van der Waals surface area contributed by atoms with Crippen molar-refractivity contribution in [1.29, 1.82) is 0 Å². The molecule has 27 heavy (non-hydrogen) atoms. The molecule has 1 aliphatic heterocycles. The Labute approximate surface area is 167 Å². The van der Waals surface area contributed by atoms with Gasteiger partial charge in [-0.15, -0.1) is 0 Å². The monoisotopic (exact) mass is 381 g/mol. The first kappa shape index (κ1) is 22.4. The minimum absolute atomic E-state index is 0.507. The van der Waals surface area contributed by atoms with Crippen LogP contribution in [0.15, 0.2) is 4.99 Å². The minimum atomic E-state index is 0.507. The number of nitrogens with zero attached hydrogens (tertiary/aromatic N) is 3. The van der Waals surface area contributed by atoms with Gasteiger partial charge in [-0.25, -0.2) is 0 Å². The summed E-state index contributed by atoms with van der Waals surface area (Å²) >= 11 is 0. The summed E-state index contributed by atoms with van der Waals surface area (Å²) in [6.07, 6.45) is 10.5. The van der Waals surface area contributed by atoms with Gasteiger partial charge in [0.25, 0.3) is 0 Å². The van der Waals surface area contributed by atoms with Gasteiger partial charge in [0, 0.05) is 39.3 Å². The van der Waals surface area contributed by atoms with Crippen LogP contribution >= 0.6 is 0 Å². The zero-order valence-electron chi connectivity index (χ0n) is 17.8. The Hall–Kier alpha value is -0.850. The lowest BCUT2D eigenvalue weighted by Gasteiger charge is -2.21. The van der Waals surface area contributed by atoms with Crippen molar-refractivity contribution in [3.63, 3.8) is 0 Å². The predicted octanol–water partition coefficient (Wildman–Crippen LogP) is 2.31. The maximum absolute atomic E-state index is 5.99. The average Bonchev–Trinajstić information content (AvgIpc) is 2.90. The van der Waals surface area contributed by atoms with Crippen LogP contribution in [0.2, 0.25) is 0 Å². The van der Waals surface area contributed by atoms with Gasteiger partial charge >= 0.3 is 0 Å². The van der Waals surface area contributed by atoms with Gasteiger partial charge in [-0.2, -0.15) is 0 Å². The summed E-state index contributed by atoms with van der Waals surface area (Å²) in [6.45, 7) is 11.7. The molecule has 1 aliphatic carbocycles. The van der Waals surface area contributed by atoms with E-state index in [-0.39, 0.29) is 0 Å². The standard InChI is InChI=1S/C21H43N5O/c1-3-22-21(24-13-8-19-27-20-10-5-4-6-11-20)23-12-7-15-26-16-9-14-25(2)17-18-26/h20H,3-19H2,1-2H3,(H2,22,23,24). The molecule has 6 nitrogen and oxygen atoms in total. The summed E-state index contributed by atoms with van der Waals surface area (Å²) in [5.74, 6) is 0.950. The summed E-state index contributed by atoms with van der Waals surface area (Å²) in [6, 6.07) is 0. The molecule has 2 rings (SSSR count). The fraction of sp³-hybridized carbons (Fsp3) is 0.952. The number of ether oxygens (including phenoxy) is 1. The molecule has 0 unspecified atom stereocenters. The lowest BCUT2D eigenvalue weighted by atomic mass is 9.98. The molecule has 0 aromatic carbocycles. The smallest absolute Gasteiger partial charge is 0.191 e. The maximum atomic E-state index is 5.99. The Morgan fingerprint density at radius 3 is 2.67 bits per heavy atom. The zero-order chi connectivity index (χ0) is 19.2. The fourth-order valence-corrected chi connectivity index (χ4v) is 3.91. The molecule has 2 fully saturated rings. The van der Waals surface area contributed by atoms with E-state index in [1.165, 1.54) is 77.7 Å². The van der Waals surface area contributed by atoms with E-state index in [0.717, 1.165) is 38.6 Å². The zero-order valence-corrected chi connectivity index (χ0v) is 17.8. The van der Waals surface area contributed by atoms with E-state index >= 15 is 0 Å². The first-order valence-electron chi connectivity index (χ1n) is 11.3. The van der Waals surface area contributed by atoms with Gasteiger partial charge in [0.05, 0.1) is 6.10 Å². The Kier molecular flexibility index (Phi) is 11.8. The molecule has 2 aliphatic rings. The van der Waals surface area contributed by atoms with E-state index in [9.17, 15) is 0 Å². The topological polar surface area (TPSA) is 52.1 Å². The van der Waals surface area contributed by atoms with Crippen molar-refractivity contribution in [2.75, 3.05) is 66.0 Å². The number of nitrogens with one attached hydrogen (secondary N) is 2. The SMILES string of the molecule is CCNC(=NCCCOC1CCCCC1)NCCCN1CCCN(C)CC1. The molecule has 1 saturated carbocycles. The van der Waals surface area contributed by atoms with Gasteiger partial charge in [-0.05, 0) is 65.7 Å². The van der Waals surface area contributed by atoms with Crippen LogP contribution in [-0.2, 0) is 4.74 Å². The Bertz CT molecular complexity index is 398. The van der Waals surface area contributed by atoms with Crippen LogP contribution in [0.25, 0.3) is 0 Å². The number of rotatable bonds is 10. The molecule has 0 amide bonds. The quantitative estimate of drug-likeness (QED) is 0.345. The first-order valence-corrected chi connectivity index (χ1v) is 11.3. The van der Waals surface area contributed by atoms with Gasteiger partial charge in [0.1, 0.15) is 0 Å². The number of guanidine groups is 1. The third-order valence-electron chi connectivity index (χ3n) is 5.58. The predicted molar refractivity (Wildman–Crippen MR) is 115 cm³/mol. The summed E-state index contributed by atoms with van der Waals surface area (Å²) in [7, 11) is 2.23. The summed E-state index contributed by atoms with van der Waals surface area (Å²) in [4.78, 5) is 9.73. The van der Waals surface area contributed by atoms with Crippen LogP contribution in [0.1, 0.15) is 58.3 Å². The third kappa shape index (κ3) is 10.3. The van der Waals surface area contributed by atoms with Crippen molar-refractivity contribution in [2.45, 2.75) is 64.4 Å².